The van der Waals surface area contributed by atoms with Crippen molar-refractivity contribution in [3.05, 3.63) is 42.2 Å². The van der Waals surface area contributed by atoms with Crippen molar-refractivity contribution in [3.8, 4) is 11.3 Å². The molecule has 1 aromatic heterocycles. The van der Waals surface area contributed by atoms with E-state index in [0.717, 1.165) is 25.2 Å². The van der Waals surface area contributed by atoms with Crippen LogP contribution in [0.3, 0.4) is 0 Å². The molecular formula is C15H18FN3O. The van der Waals surface area contributed by atoms with Crippen LogP contribution >= 0.6 is 0 Å². The third-order valence-electron chi connectivity index (χ3n) is 3.66. The van der Waals surface area contributed by atoms with E-state index in [9.17, 15) is 4.39 Å². The molecule has 3 rings (SSSR count). The summed E-state index contributed by atoms with van der Waals surface area (Å²) in [5.41, 5.74) is 0.846. The van der Waals surface area contributed by atoms with E-state index in [1.54, 1.807) is 18.3 Å². The van der Waals surface area contributed by atoms with Crippen molar-refractivity contribution in [2.24, 2.45) is 0 Å². The largest absolute Gasteiger partial charge is 0.439 e. The number of hydrogen-bond acceptors (Lipinski definition) is 4. The Morgan fingerprint density at radius 2 is 2.20 bits per heavy atom. The van der Waals surface area contributed by atoms with Crippen LogP contribution in [-0.2, 0) is 6.54 Å². The minimum absolute atomic E-state index is 0.247. The van der Waals surface area contributed by atoms with Gasteiger partial charge in [0, 0.05) is 31.2 Å². The van der Waals surface area contributed by atoms with Crippen LogP contribution < -0.4 is 5.32 Å². The molecule has 0 radical (unpaired) electrons. The molecule has 1 aliphatic heterocycles. The lowest BCUT2D eigenvalue weighted by Gasteiger charge is -2.32. The van der Waals surface area contributed by atoms with E-state index in [0.29, 0.717) is 24.2 Å². The minimum atomic E-state index is -0.247. The number of nitrogens with zero attached hydrogens (tertiary/aromatic N) is 2. The molecule has 2 heterocycles. The highest BCUT2D eigenvalue weighted by atomic mass is 19.1. The van der Waals surface area contributed by atoms with Crippen LogP contribution in [0, 0.1) is 5.82 Å². The minimum Gasteiger partial charge on any atom is -0.439 e. The second kappa shape index (κ2) is 5.73. The zero-order valence-corrected chi connectivity index (χ0v) is 11.5. The second-order valence-electron chi connectivity index (χ2n) is 5.15. The Morgan fingerprint density at radius 1 is 1.40 bits per heavy atom. The zero-order chi connectivity index (χ0) is 13.9. The Balaban J connectivity index is 1.71. The summed E-state index contributed by atoms with van der Waals surface area (Å²) in [5, 5.41) is 3.36. The fourth-order valence-corrected chi connectivity index (χ4v) is 2.42. The van der Waals surface area contributed by atoms with Gasteiger partial charge in [0.25, 0.3) is 0 Å². The normalized spacial score (nSPS) is 20.2. The van der Waals surface area contributed by atoms with Gasteiger partial charge >= 0.3 is 0 Å². The fraction of sp³-hybridized carbons (Fsp3) is 0.400. The van der Waals surface area contributed by atoms with E-state index >= 15 is 0 Å². The molecule has 106 valence electrons. The van der Waals surface area contributed by atoms with Gasteiger partial charge in [-0.2, -0.15) is 0 Å². The molecule has 1 N–H and O–H groups in total. The Labute approximate surface area is 117 Å². The van der Waals surface area contributed by atoms with E-state index in [1.807, 2.05) is 0 Å². The molecule has 1 aromatic carbocycles. The number of oxazole rings is 1. The van der Waals surface area contributed by atoms with E-state index in [-0.39, 0.29) is 5.82 Å². The molecule has 1 atom stereocenters. The summed E-state index contributed by atoms with van der Waals surface area (Å²) in [6.45, 7) is 5.89. The molecular weight excluding hydrogens is 257 g/mol. The van der Waals surface area contributed by atoms with Gasteiger partial charge in [0.2, 0.25) is 5.89 Å². The van der Waals surface area contributed by atoms with Gasteiger partial charge in [-0.1, -0.05) is 0 Å². The standard InChI is InChI=1S/C15H18FN3O/c1-11-8-17-6-7-19(11)10-15-18-9-14(20-15)12-2-4-13(16)5-3-12/h2-5,9,11,17H,6-8,10H2,1H3/t11-/m0/s1. The van der Waals surface area contributed by atoms with Crippen molar-refractivity contribution in [3.63, 3.8) is 0 Å². The molecule has 0 bridgehead atoms. The first-order valence-corrected chi connectivity index (χ1v) is 6.88. The predicted molar refractivity (Wildman–Crippen MR) is 74.6 cm³/mol. The number of aromatic nitrogens is 1. The Bertz CT molecular complexity index is 567. The highest BCUT2D eigenvalue weighted by Crippen LogP contribution is 2.21. The van der Waals surface area contributed by atoms with E-state index in [4.69, 9.17) is 4.42 Å². The van der Waals surface area contributed by atoms with Crippen molar-refractivity contribution in [1.29, 1.82) is 0 Å². The summed E-state index contributed by atoms with van der Waals surface area (Å²) in [7, 11) is 0. The maximum absolute atomic E-state index is 12.9. The Kier molecular flexibility index (Phi) is 3.80. The first-order valence-electron chi connectivity index (χ1n) is 6.88. The number of nitrogens with one attached hydrogen (secondary N) is 1. The smallest absolute Gasteiger partial charge is 0.209 e. The monoisotopic (exact) mass is 275 g/mol. The molecule has 2 aromatic rings. The molecule has 1 fully saturated rings. The Hall–Kier alpha value is -1.72. The van der Waals surface area contributed by atoms with Gasteiger partial charge in [0.05, 0.1) is 12.7 Å². The van der Waals surface area contributed by atoms with Crippen LogP contribution in [0.15, 0.2) is 34.9 Å². The zero-order valence-electron chi connectivity index (χ0n) is 11.5. The average Bonchev–Trinajstić information content (AvgIpc) is 2.91. The van der Waals surface area contributed by atoms with E-state index < -0.39 is 0 Å². The van der Waals surface area contributed by atoms with Crippen LogP contribution in [0.5, 0.6) is 0 Å². The van der Waals surface area contributed by atoms with Gasteiger partial charge in [-0.15, -0.1) is 0 Å². The molecule has 0 aliphatic carbocycles. The van der Waals surface area contributed by atoms with Gasteiger partial charge in [-0.3, -0.25) is 4.90 Å². The summed E-state index contributed by atoms with van der Waals surface area (Å²) in [5.74, 6) is 1.14. The number of hydrogen-bond donors (Lipinski definition) is 1. The molecule has 0 unspecified atom stereocenters. The third-order valence-corrected chi connectivity index (χ3v) is 3.66. The van der Waals surface area contributed by atoms with E-state index in [1.165, 1.54) is 12.1 Å². The fourth-order valence-electron chi connectivity index (χ4n) is 2.42. The van der Waals surface area contributed by atoms with Crippen molar-refractivity contribution >= 4 is 0 Å². The first kappa shape index (κ1) is 13.3. The van der Waals surface area contributed by atoms with Gasteiger partial charge in [0.15, 0.2) is 5.76 Å². The second-order valence-corrected chi connectivity index (χ2v) is 5.15. The highest BCUT2D eigenvalue weighted by Gasteiger charge is 2.19. The summed E-state index contributed by atoms with van der Waals surface area (Å²) < 4.78 is 18.7. The van der Waals surface area contributed by atoms with Crippen LogP contribution in [0.2, 0.25) is 0 Å². The molecule has 4 nitrogen and oxygen atoms in total. The van der Waals surface area contributed by atoms with Crippen molar-refractivity contribution < 1.29 is 8.81 Å². The molecule has 1 saturated heterocycles. The summed E-state index contributed by atoms with van der Waals surface area (Å²) in [4.78, 5) is 6.67. The molecule has 20 heavy (non-hydrogen) atoms. The maximum atomic E-state index is 12.9. The lowest BCUT2D eigenvalue weighted by atomic mass is 10.2. The molecule has 5 heteroatoms. The lowest BCUT2D eigenvalue weighted by Crippen LogP contribution is -2.49. The Morgan fingerprint density at radius 3 is 2.95 bits per heavy atom. The molecule has 1 aliphatic rings. The average molecular weight is 275 g/mol. The van der Waals surface area contributed by atoms with Gasteiger partial charge in [0.1, 0.15) is 5.82 Å². The molecule has 0 amide bonds. The van der Waals surface area contributed by atoms with Crippen molar-refractivity contribution in [2.75, 3.05) is 19.6 Å². The lowest BCUT2D eigenvalue weighted by molar-refractivity contribution is 0.151. The SMILES string of the molecule is C[C@H]1CNCCN1Cc1ncc(-c2ccc(F)cc2)o1. The maximum Gasteiger partial charge on any atom is 0.209 e. The molecule has 0 saturated carbocycles. The highest BCUT2D eigenvalue weighted by molar-refractivity contribution is 5.55. The van der Waals surface area contributed by atoms with Gasteiger partial charge in [-0.05, 0) is 31.2 Å². The number of halogens is 1. The van der Waals surface area contributed by atoms with Crippen LogP contribution in [-0.4, -0.2) is 35.6 Å². The molecule has 0 spiro atoms. The number of benzene rings is 1. The van der Waals surface area contributed by atoms with Gasteiger partial charge < -0.3 is 9.73 Å². The number of piperazine rings is 1. The summed E-state index contributed by atoms with van der Waals surface area (Å²) >= 11 is 0. The first-order chi connectivity index (χ1) is 9.72. The van der Waals surface area contributed by atoms with Gasteiger partial charge in [-0.25, -0.2) is 9.37 Å². The third kappa shape index (κ3) is 2.89. The summed E-state index contributed by atoms with van der Waals surface area (Å²) in [6, 6.07) is 6.73. The van der Waals surface area contributed by atoms with Crippen molar-refractivity contribution in [2.45, 2.75) is 19.5 Å². The predicted octanol–water partition coefficient (Wildman–Crippen LogP) is 2.27. The van der Waals surface area contributed by atoms with E-state index in [2.05, 4.69) is 22.1 Å². The van der Waals surface area contributed by atoms with Crippen LogP contribution in [0.4, 0.5) is 4.39 Å². The van der Waals surface area contributed by atoms with Crippen LogP contribution in [0.25, 0.3) is 11.3 Å². The topological polar surface area (TPSA) is 41.3 Å². The van der Waals surface area contributed by atoms with Crippen molar-refractivity contribution in [1.82, 2.24) is 15.2 Å². The number of rotatable bonds is 3. The quantitative estimate of drug-likeness (QED) is 0.933. The summed E-state index contributed by atoms with van der Waals surface area (Å²) in [6.07, 6.45) is 1.70. The van der Waals surface area contributed by atoms with Crippen LogP contribution in [0.1, 0.15) is 12.8 Å².